The maximum absolute atomic E-state index is 12.3. The first-order valence-electron chi connectivity index (χ1n) is 7.28. The highest BCUT2D eigenvalue weighted by molar-refractivity contribution is 7.73. The number of carbonyl (C=O) groups excluding carboxylic acids is 1. The van der Waals surface area contributed by atoms with Gasteiger partial charge in [-0.3, -0.25) is 14.2 Å². The number of hydrogen-bond donors (Lipinski definition) is 2. The van der Waals surface area contributed by atoms with Gasteiger partial charge in [0.15, 0.2) is 3.95 Å². The van der Waals surface area contributed by atoms with E-state index in [9.17, 15) is 14.7 Å². The molecule has 0 radical (unpaired) electrons. The molecule has 6 nitrogen and oxygen atoms in total. The van der Waals surface area contributed by atoms with Crippen LogP contribution in [-0.2, 0) is 16.1 Å². The fourth-order valence-corrected chi connectivity index (χ4v) is 4.04. The third kappa shape index (κ3) is 2.78. The number of amides is 1. The first-order chi connectivity index (χ1) is 11.4. The summed E-state index contributed by atoms with van der Waals surface area (Å²) in [5.41, 5.74) is 1.24. The van der Waals surface area contributed by atoms with Gasteiger partial charge in [0.25, 0.3) is 5.91 Å². The van der Waals surface area contributed by atoms with Gasteiger partial charge in [-0.2, -0.15) is 0 Å². The lowest BCUT2D eigenvalue weighted by atomic mass is 10.1. The predicted octanol–water partition coefficient (Wildman–Crippen LogP) is 1.52. The number of carboxylic acids is 1. The van der Waals surface area contributed by atoms with E-state index in [4.69, 9.17) is 17.3 Å². The van der Waals surface area contributed by atoms with Gasteiger partial charge in [0.2, 0.25) is 5.88 Å². The maximum atomic E-state index is 12.3. The number of aromatic nitrogens is 1. The molecule has 24 heavy (non-hydrogen) atoms. The van der Waals surface area contributed by atoms with Gasteiger partial charge in [-0.15, -0.1) is 11.3 Å². The highest BCUT2D eigenvalue weighted by Crippen LogP contribution is 2.32. The molecule has 3 rings (SSSR count). The van der Waals surface area contributed by atoms with Crippen LogP contribution in [0.4, 0.5) is 0 Å². The minimum atomic E-state index is -0.903. The first-order valence-corrected chi connectivity index (χ1v) is 8.50. The number of para-hydroxylation sites is 1. The Kier molecular flexibility index (Phi) is 4.33. The largest absolute Gasteiger partial charge is 0.493 e. The van der Waals surface area contributed by atoms with E-state index in [-0.39, 0.29) is 18.8 Å². The first kappa shape index (κ1) is 16.5. The summed E-state index contributed by atoms with van der Waals surface area (Å²) in [5, 5.41) is 20.5. The second kappa shape index (κ2) is 6.29. The van der Waals surface area contributed by atoms with Crippen LogP contribution in [0.25, 0.3) is 5.57 Å². The number of carbonyl (C=O) groups is 2. The van der Waals surface area contributed by atoms with Gasteiger partial charge in [-0.25, -0.2) is 4.99 Å². The van der Waals surface area contributed by atoms with E-state index in [1.807, 2.05) is 19.1 Å². The van der Waals surface area contributed by atoms with Crippen LogP contribution in [0.5, 0.6) is 5.88 Å². The molecule has 2 N–H and O–H groups in total. The van der Waals surface area contributed by atoms with Crippen molar-refractivity contribution in [2.45, 2.75) is 26.3 Å². The van der Waals surface area contributed by atoms with Crippen molar-refractivity contribution < 1.29 is 19.8 Å². The van der Waals surface area contributed by atoms with Gasteiger partial charge in [0.05, 0.1) is 10.9 Å². The van der Waals surface area contributed by atoms with Crippen LogP contribution in [-0.4, -0.2) is 26.7 Å². The summed E-state index contributed by atoms with van der Waals surface area (Å²) in [4.78, 5) is 27.4. The van der Waals surface area contributed by atoms with E-state index in [2.05, 4.69) is 4.99 Å². The summed E-state index contributed by atoms with van der Waals surface area (Å²) in [6, 6.07) is 5.50. The number of aryl methyl sites for hydroxylation is 1. The summed E-state index contributed by atoms with van der Waals surface area (Å²) in [7, 11) is 0. The molecule has 0 aliphatic carbocycles. The molecule has 1 aromatic heterocycles. The summed E-state index contributed by atoms with van der Waals surface area (Å²) in [6.07, 6.45) is 0.329. The molecule has 1 aliphatic heterocycles. The molecule has 0 spiro atoms. The number of nitrogens with zero attached hydrogens (tertiary/aromatic N) is 2. The van der Waals surface area contributed by atoms with Gasteiger partial charge in [0, 0.05) is 18.2 Å². The van der Waals surface area contributed by atoms with E-state index in [1.54, 1.807) is 6.07 Å². The summed E-state index contributed by atoms with van der Waals surface area (Å²) >= 11 is 6.39. The standard InChI is InChI=1S/C16H14N2O4S2/c1-8-4-2-5-9-11(14(21)17-12(8)9)13-15(22)18(16(23)24-13)7-3-6-10(19)20/h2,4-5,22H,3,6-7H2,1H3,(H,19,20). The third-order valence-corrected chi connectivity index (χ3v) is 5.26. The Morgan fingerprint density at radius 1 is 1.42 bits per heavy atom. The lowest BCUT2D eigenvalue weighted by Gasteiger charge is -2.04. The summed E-state index contributed by atoms with van der Waals surface area (Å²) in [6.45, 7) is 2.16. The van der Waals surface area contributed by atoms with Crippen molar-refractivity contribution >= 4 is 41.0 Å². The fraction of sp³-hybridized carbons (Fsp3) is 0.250. The molecular formula is C16H14N2O4S2. The molecule has 124 valence electrons. The number of benzene rings is 1. The summed E-state index contributed by atoms with van der Waals surface area (Å²) in [5.74, 6) is -1.41. The van der Waals surface area contributed by atoms with Crippen molar-refractivity contribution in [2.24, 2.45) is 4.99 Å². The Labute approximate surface area is 146 Å². The smallest absolute Gasteiger partial charge is 0.303 e. The minimum absolute atomic E-state index is 0.0146. The molecule has 0 bridgehead atoms. The van der Waals surface area contributed by atoms with E-state index in [0.29, 0.717) is 31.4 Å². The van der Waals surface area contributed by atoms with Crippen LogP contribution >= 0.6 is 23.6 Å². The number of fused-ring (bicyclic) bond motifs is 1. The number of rotatable bonds is 5. The van der Waals surface area contributed by atoms with E-state index in [0.717, 1.165) is 16.9 Å². The molecular weight excluding hydrogens is 348 g/mol. The molecule has 2 aromatic rings. The molecule has 1 aliphatic rings. The van der Waals surface area contributed by atoms with E-state index >= 15 is 0 Å². The van der Waals surface area contributed by atoms with Crippen LogP contribution in [0.1, 0.15) is 23.3 Å². The third-order valence-electron chi connectivity index (χ3n) is 3.80. The zero-order chi connectivity index (χ0) is 17.4. The Morgan fingerprint density at radius 3 is 2.88 bits per heavy atom. The molecule has 1 aromatic carbocycles. The second-order valence-corrected chi connectivity index (χ2v) is 7.08. The topological polar surface area (TPSA) is 91.9 Å². The lowest BCUT2D eigenvalue weighted by Crippen LogP contribution is -2.25. The van der Waals surface area contributed by atoms with Crippen LogP contribution in [0.3, 0.4) is 0 Å². The van der Waals surface area contributed by atoms with Gasteiger partial charge >= 0.3 is 5.97 Å². The highest BCUT2D eigenvalue weighted by Gasteiger charge is 2.25. The number of hydrogen-bond acceptors (Lipinski definition) is 5. The molecule has 2 heterocycles. The van der Waals surface area contributed by atoms with Crippen LogP contribution in [0, 0.1) is 10.9 Å². The van der Waals surface area contributed by atoms with Crippen molar-refractivity contribution in [1.29, 1.82) is 0 Å². The van der Waals surface area contributed by atoms with Crippen LogP contribution in [0.2, 0.25) is 0 Å². The molecule has 1 amide bonds. The van der Waals surface area contributed by atoms with E-state index in [1.165, 1.54) is 4.57 Å². The Morgan fingerprint density at radius 2 is 2.17 bits per heavy atom. The Balaban J connectivity index is 2.10. The predicted molar refractivity (Wildman–Crippen MR) is 91.2 cm³/mol. The van der Waals surface area contributed by atoms with Crippen LogP contribution < -0.4 is 10.6 Å². The average Bonchev–Trinajstić information content (AvgIpc) is 2.98. The number of aliphatic carboxylic acids is 1. The van der Waals surface area contributed by atoms with Gasteiger partial charge < -0.3 is 10.2 Å². The highest BCUT2D eigenvalue weighted by atomic mass is 32.1. The SMILES string of the molecule is Cc1cccc2c1=NC(=O)C=2c1sc(=S)n(CCCC(=O)O)c1O. The second-order valence-electron chi connectivity index (χ2n) is 5.43. The molecule has 0 saturated carbocycles. The zero-order valence-corrected chi connectivity index (χ0v) is 14.4. The van der Waals surface area contributed by atoms with Crippen molar-refractivity contribution in [1.82, 2.24) is 4.57 Å². The summed E-state index contributed by atoms with van der Waals surface area (Å²) < 4.78 is 1.86. The van der Waals surface area contributed by atoms with Crippen molar-refractivity contribution in [3.05, 3.63) is 43.2 Å². The van der Waals surface area contributed by atoms with Gasteiger partial charge in [0.1, 0.15) is 4.88 Å². The van der Waals surface area contributed by atoms with Gasteiger partial charge in [-0.05, 0) is 31.1 Å². The quantitative estimate of drug-likeness (QED) is 0.787. The number of thiazole rings is 1. The number of carboxylic acid groups (broad SMARTS) is 1. The average molecular weight is 362 g/mol. The van der Waals surface area contributed by atoms with Crippen molar-refractivity contribution in [2.75, 3.05) is 0 Å². The molecule has 8 heteroatoms. The minimum Gasteiger partial charge on any atom is -0.493 e. The molecule has 0 fully saturated rings. The normalized spacial score (nSPS) is 13.0. The monoisotopic (exact) mass is 362 g/mol. The van der Waals surface area contributed by atoms with E-state index < -0.39 is 11.9 Å². The van der Waals surface area contributed by atoms with Crippen molar-refractivity contribution in [3.8, 4) is 5.88 Å². The molecule has 0 atom stereocenters. The zero-order valence-electron chi connectivity index (χ0n) is 12.8. The fourth-order valence-electron chi connectivity index (χ4n) is 2.65. The Hall–Kier alpha value is -2.32. The number of aromatic hydroxyl groups is 1. The lowest BCUT2D eigenvalue weighted by molar-refractivity contribution is -0.137. The van der Waals surface area contributed by atoms with Crippen molar-refractivity contribution in [3.63, 3.8) is 0 Å². The molecule has 0 unspecified atom stereocenters. The Bertz CT molecular complexity index is 1030. The van der Waals surface area contributed by atoms with Crippen LogP contribution in [0.15, 0.2) is 23.2 Å². The maximum Gasteiger partial charge on any atom is 0.303 e. The molecule has 0 saturated heterocycles. The van der Waals surface area contributed by atoms with Gasteiger partial charge in [-0.1, -0.05) is 18.2 Å².